The summed E-state index contributed by atoms with van der Waals surface area (Å²) in [6.45, 7) is 2.77. The highest BCUT2D eigenvalue weighted by Crippen LogP contribution is 2.26. The van der Waals surface area contributed by atoms with Gasteiger partial charge in [-0.2, -0.15) is 0 Å². The molecule has 1 N–H and O–H groups in total. The molecule has 0 saturated carbocycles. The third-order valence-electron chi connectivity index (χ3n) is 3.56. The summed E-state index contributed by atoms with van der Waals surface area (Å²) >= 11 is 2.55. The fourth-order valence-corrected chi connectivity index (χ4v) is 3.93. The van der Waals surface area contributed by atoms with Crippen LogP contribution in [0.4, 0.5) is 5.00 Å². The number of carbonyl (C=O) groups is 2. The Kier molecular flexibility index (Phi) is 6.30. The molecule has 0 radical (unpaired) electrons. The number of carbonyl (C=O) groups excluding carboxylic acids is 2. The average Bonchev–Trinajstić information content (AvgIpc) is 3.40. The van der Waals surface area contributed by atoms with Gasteiger partial charge in [-0.05, 0) is 30.0 Å². The molecule has 0 aliphatic carbocycles. The second-order valence-corrected chi connectivity index (χ2v) is 7.29. The molecule has 0 spiro atoms. The lowest BCUT2D eigenvalue weighted by Crippen LogP contribution is -2.16. The van der Waals surface area contributed by atoms with E-state index in [0.29, 0.717) is 33.9 Å². The van der Waals surface area contributed by atoms with Crippen LogP contribution in [0.5, 0.6) is 0 Å². The number of ether oxygens (including phenoxy) is 1. The summed E-state index contributed by atoms with van der Waals surface area (Å²) in [4.78, 5) is 24.0. The van der Waals surface area contributed by atoms with Gasteiger partial charge in [0.25, 0.3) is 0 Å². The molecule has 0 bridgehead atoms. The van der Waals surface area contributed by atoms with Crippen LogP contribution in [0.3, 0.4) is 0 Å². The van der Waals surface area contributed by atoms with Crippen LogP contribution in [-0.4, -0.2) is 39.5 Å². The monoisotopic (exact) mass is 406 g/mol. The maximum absolute atomic E-state index is 12.3. The fraction of sp³-hybridized carbons (Fsp3) is 0.294. The van der Waals surface area contributed by atoms with E-state index in [9.17, 15) is 9.59 Å². The Morgan fingerprint density at radius 3 is 2.93 bits per heavy atom. The molecule has 0 aliphatic heterocycles. The fourth-order valence-electron chi connectivity index (χ4n) is 2.38. The maximum Gasteiger partial charge on any atom is 0.340 e. The summed E-state index contributed by atoms with van der Waals surface area (Å²) in [6.07, 6.45) is 2.48. The topological polar surface area (TPSA) is 99.2 Å². The summed E-state index contributed by atoms with van der Waals surface area (Å²) in [5.74, 6) is 0.686. The predicted molar refractivity (Wildman–Crippen MR) is 103 cm³/mol. The predicted octanol–water partition coefficient (Wildman–Crippen LogP) is 3.53. The molecule has 0 saturated heterocycles. The van der Waals surface area contributed by atoms with Crippen LogP contribution < -0.4 is 5.32 Å². The quantitative estimate of drug-likeness (QED) is 0.451. The van der Waals surface area contributed by atoms with Crippen molar-refractivity contribution in [3.8, 4) is 11.6 Å². The second-order valence-electron chi connectivity index (χ2n) is 5.43. The SMILES string of the molecule is CCCn1c(SCC(=O)Nc2sccc2C(=O)OC)nnc1-c1ccco1. The van der Waals surface area contributed by atoms with Crippen LogP contribution in [-0.2, 0) is 16.1 Å². The molecule has 27 heavy (non-hydrogen) atoms. The molecular formula is C17H18N4O4S2. The molecule has 1 amide bonds. The lowest BCUT2D eigenvalue weighted by Gasteiger charge is -2.08. The number of furan rings is 1. The first-order valence-electron chi connectivity index (χ1n) is 8.19. The average molecular weight is 406 g/mol. The molecule has 0 atom stereocenters. The van der Waals surface area contributed by atoms with E-state index in [0.717, 1.165) is 6.42 Å². The van der Waals surface area contributed by atoms with Crippen molar-refractivity contribution in [3.05, 3.63) is 35.4 Å². The van der Waals surface area contributed by atoms with E-state index in [-0.39, 0.29) is 11.7 Å². The first-order chi connectivity index (χ1) is 13.1. The van der Waals surface area contributed by atoms with Crippen molar-refractivity contribution in [2.45, 2.75) is 25.0 Å². The Morgan fingerprint density at radius 1 is 1.37 bits per heavy atom. The summed E-state index contributed by atoms with van der Waals surface area (Å²) in [5, 5.41) is 13.9. The van der Waals surface area contributed by atoms with Gasteiger partial charge in [-0.1, -0.05) is 18.7 Å². The minimum Gasteiger partial charge on any atom is -0.465 e. The number of amides is 1. The summed E-state index contributed by atoms with van der Waals surface area (Å²) in [5.41, 5.74) is 0.343. The van der Waals surface area contributed by atoms with Crippen LogP contribution >= 0.6 is 23.1 Å². The van der Waals surface area contributed by atoms with E-state index in [1.165, 1.54) is 30.2 Å². The van der Waals surface area contributed by atoms with E-state index < -0.39 is 5.97 Å². The van der Waals surface area contributed by atoms with Gasteiger partial charge in [-0.25, -0.2) is 4.79 Å². The number of aromatic nitrogens is 3. The van der Waals surface area contributed by atoms with E-state index in [4.69, 9.17) is 9.15 Å². The van der Waals surface area contributed by atoms with Crippen LogP contribution in [0.25, 0.3) is 11.6 Å². The van der Waals surface area contributed by atoms with Gasteiger partial charge in [0.05, 0.1) is 24.7 Å². The maximum atomic E-state index is 12.3. The highest BCUT2D eigenvalue weighted by Gasteiger charge is 2.18. The molecule has 10 heteroatoms. The van der Waals surface area contributed by atoms with Crippen molar-refractivity contribution in [2.24, 2.45) is 0 Å². The molecule has 8 nitrogen and oxygen atoms in total. The van der Waals surface area contributed by atoms with Crippen LogP contribution in [0.15, 0.2) is 39.4 Å². The first-order valence-corrected chi connectivity index (χ1v) is 10.1. The minimum atomic E-state index is -0.481. The third kappa shape index (κ3) is 4.40. The molecule has 0 aromatic carbocycles. The molecule has 0 aliphatic rings. The van der Waals surface area contributed by atoms with Gasteiger partial charge >= 0.3 is 5.97 Å². The Morgan fingerprint density at radius 2 is 2.22 bits per heavy atom. The van der Waals surface area contributed by atoms with Crippen molar-refractivity contribution >= 4 is 40.0 Å². The number of anilines is 1. The molecule has 0 fully saturated rings. The van der Waals surface area contributed by atoms with E-state index in [2.05, 4.69) is 22.4 Å². The van der Waals surface area contributed by atoms with Crippen LogP contribution in [0.2, 0.25) is 0 Å². The highest BCUT2D eigenvalue weighted by molar-refractivity contribution is 7.99. The van der Waals surface area contributed by atoms with E-state index in [1.54, 1.807) is 23.8 Å². The van der Waals surface area contributed by atoms with Gasteiger partial charge in [-0.15, -0.1) is 21.5 Å². The number of esters is 1. The number of hydrogen-bond acceptors (Lipinski definition) is 8. The normalized spacial score (nSPS) is 10.7. The summed E-state index contributed by atoms with van der Waals surface area (Å²) in [6, 6.07) is 5.23. The van der Waals surface area contributed by atoms with Crippen molar-refractivity contribution in [1.29, 1.82) is 0 Å². The largest absolute Gasteiger partial charge is 0.465 e. The minimum absolute atomic E-state index is 0.137. The van der Waals surface area contributed by atoms with E-state index >= 15 is 0 Å². The number of hydrogen-bond donors (Lipinski definition) is 1. The van der Waals surface area contributed by atoms with Gasteiger partial charge in [0, 0.05) is 6.54 Å². The Balaban J connectivity index is 1.67. The van der Waals surface area contributed by atoms with Crippen LogP contribution in [0, 0.1) is 0 Å². The lowest BCUT2D eigenvalue weighted by atomic mass is 10.3. The van der Waals surface area contributed by atoms with Crippen LogP contribution in [0.1, 0.15) is 23.7 Å². The number of thioether (sulfide) groups is 1. The zero-order chi connectivity index (χ0) is 19.2. The van der Waals surface area contributed by atoms with Gasteiger partial charge in [0.15, 0.2) is 16.7 Å². The molecule has 3 aromatic rings. The van der Waals surface area contributed by atoms with Gasteiger partial charge in [0.1, 0.15) is 5.00 Å². The molecule has 142 valence electrons. The lowest BCUT2D eigenvalue weighted by molar-refractivity contribution is -0.113. The van der Waals surface area contributed by atoms with Gasteiger partial charge < -0.3 is 14.5 Å². The third-order valence-corrected chi connectivity index (χ3v) is 5.36. The standard InChI is InChI=1S/C17H18N4O4S2/c1-3-7-21-14(12-5-4-8-25-12)19-20-17(21)27-10-13(22)18-15-11(6-9-26-15)16(23)24-2/h4-6,8-9H,3,7,10H2,1-2H3,(H,18,22). The van der Waals surface area contributed by atoms with E-state index in [1.807, 2.05) is 10.6 Å². The first kappa shape index (κ1) is 19.2. The number of nitrogens with zero attached hydrogens (tertiary/aromatic N) is 3. The number of methoxy groups -OCH3 is 1. The zero-order valence-electron chi connectivity index (χ0n) is 14.8. The Labute approximate surface area is 163 Å². The highest BCUT2D eigenvalue weighted by atomic mass is 32.2. The Hall–Kier alpha value is -2.59. The van der Waals surface area contributed by atoms with Crippen molar-refractivity contribution in [3.63, 3.8) is 0 Å². The molecule has 3 rings (SSSR count). The summed E-state index contributed by atoms with van der Waals surface area (Å²) < 4.78 is 12.0. The second kappa shape index (κ2) is 8.87. The van der Waals surface area contributed by atoms with Gasteiger partial charge in [0.2, 0.25) is 5.91 Å². The molecule has 3 heterocycles. The number of rotatable bonds is 8. The molecule has 3 aromatic heterocycles. The molecule has 0 unspecified atom stereocenters. The van der Waals surface area contributed by atoms with Gasteiger partial charge in [-0.3, -0.25) is 9.36 Å². The zero-order valence-corrected chi connectivity index (χ0v) is 16.4. The smallest absolute Gasteiger partial charge is 0.340 e. The summed E-state index contributed by atoms with van der Waals surface area (Å²) in [7, 11) is 1.30. The number of thiophene rings is 1. The number of nitrogens with one attached hydrogen (secondary N) is 1. The van der Waals surface area contributed by atoms with Crippen molar-refractivity contribution in [1.82, 2.24) is 14.8 Å². The van der Waals surface area contributed by atoms with Crippen molar-refractivity contribution < 1.29 is 18.7 Å². The van der Waals surface area contributed by atoms with Crippen molar-refractivity contribution in [2.75, 3.05) is 18.2 Å². The Bertz CT molecular complexity index is 917. The molecular weight excluding hydrogens is 388 g/mol.